The summed E-state index contributed by atoms with van der Waals surface area (Å²) in [6, 6.07) is 19.8. The second-order valence-corrected chi connectivity index (χ2v) is 8.46. The van der Waals surface area contributed by atoms with Gasteiger partial charge in [0.1, 0.15) is 0 Å². The molecule has 26 heavy (non-hydrogen) atoms. The number of hydrogen-bond acceptors (Lipinski definition) is 1. The summed E-state index contributed by atoms with van der Waals surface area (Å²) >= 11 is 0. The summed E-state index contributed by atoms with van der Waals surface area (Å²) in [5.41, 5.74) is 4.45. The van der Waals surface area contributed by atoms with Gasteiger partial charge < -0.3 is 22.5 Å². The standard InChI is InChI=1S/C23H31NO.ClH/c1-22(2,3)21-11-7-8-19(16-21)17-25-18-23(12-14-24-15-13-23)20-9-5-4-6-10-20;/h4-11,16,24H,12-15,17-18H2,1-3H3;1H. The van der Waals surface area contributed by atoms with E-state index in [1.54, 1.807) is 0 Å². The lowest BCUT2D eigenvalue weighted by Crippen LogP contribution is -3.00. The molecule has 1 aliphatic heterocycles. The molecule has 0 spiro atoms. The molecule has 1 fully saturated rings. The highest BCUT2D eigenvalue weighted by molar-refractivity contribution is 5.29. The van der Waals surface area contributed by atoms with Crippen LogP contribution in [0.15, 0.2) is 54.6 Å². The van der Waals surface area contributed by atoms with Gasteiger partial charge in [0.15, 0.2) is 0 Å². The molecule has 1 saturated heterocycles. The van der Waals surface area contributed by atoms with Gasteiger partial charge in [-0.2, -0.15) is 0 Å². The van der Waals surface area contributed by atoms with Crippen LogP contribution in [0.2, 0.25) is 0 Å². The minimum atomic E-state index is 0. The molecule has 3 rings (SSSR count). The molecule has 0 bridgehead atoms. The van der Waals surface area contributed by atoms with Crippen molar-refractivity contribution in [2.45, 2.75) is 51.0 Å². The highest BCUT2D eigenvalue weighted by atomic mass is 35.5. The van der Waals surface area contributed by atoms with Crippen LogP contribution < -0.4 is 17.7 Å². The molecule has 0 amide bonds. The molecule has 0 atom stereocenters. The number of quaternary nitrogens is 1. The lowest BCUT2D eigenvalue weighted by atomic mass is 9.74. The zero-order valence-corrected chi connectivity index (χ0v) is 17.1. The van der Waals surface area contributed by atoms with Gasteiger partial charge in [-0.15, -0.1) is 0 Å². The summed E-state index contributed by atoms with van der Waals surface area (Å²) in [6.45, 7) is 10.7. The van der Waals surface area contributed by atoms with Crippen molar-refractivity contribution in [3.05, 3.63) is 71.3 Å². The van der Waals surface area contributed by atoms with Gasteiger partial charge in [0, 0.05) is 18.3 Å². The monoisotopic (exact) mass is 373 g/mol. The van der Waals surface area contributed by atoms with E-state index in [0.717, 1.165) is 6.61 Å². The van der Waals surface area contributed by atoms with E-state index in [4.69, 9.17) is 4.74 Å². The van der Waals surface area contributed by atoms with Crippen molar-refractivity contribution in [3.63, 3.8) is 0 Å². The molecule has 0 radical (unpaired) electrons. The predicted molar refractivity (Wildman–Crippen MR) is 104 cm³/mol. The molecule has 3 heteroatoms. The van der Waals surface area contributed by atoms with E-state index in [1.165, 1.54) is 42.6 Å². The van der Waals surface area contributed by atoms with Gasteiger partial charge in [0.2, 0.25) is 0 Å². The maximum absolute atomic E-state index is 6.27. The fourth-order valence-corrected chi connectivity index (χ4v) is 3.83. The van der Waals surface area contributed by atoms with Crippen LogP contribution >= 0.6 is 0 Å². The minimum absolute atomic E-state index is 0. The average Bonchev–Trinajstić information content (AvgIpc) is 2.63. The summed E-state index contributed by atoms with van der Waals surface area (Å²) in [6.07, 6.45) is 2.39. The highest BCUT2D eigenvalue weighted by Crippen LogP contribution is 2.33. The van der Waals surface area contributed by atoms with Gasteiger partial charge in [0.05, 0.1) is 26.3 Å². The average molecular weight is 374 g/mol. The topological polar surface area (TPSA) is 25.8 Å². The third-order valence-corrected chi connectivity index (χ3v) is 5.48. The van der Waals surface area contributed by atoms with Crippen molar-refractivity contribution < 1.29 is 22.5 Å². The van der Waals surface area contributed by atoms with Crippen molar-refractivity contribution in [2.24, 2.45) is 0 Å². The minimum Gasteiger partial charge on any atom is -1.00 e. The first-order chi connectivity index (χ1) is 12.0. The van der Waals surface area contributed by atoms with Gasteiger partial charge >= 0.3 is 0 Å². The van der Waals surface area contributed by atoms with Crippen molar-refractivity contribution in [1.29, 1.82) is 0 Å². The van der Waals surface area contributed by atoms with Gasteiger partial charge in [-0.3, -0.25) is 0 Å². The van der Waals surface area contributed by atoms with Crippen LogP contribution in [0.4, 0.5) is 0 Å². The van der Waals surface area contributed by atoms with Gasteiger partial charge in [-0.05, 0) is 22.1 Å². The summed E-state index contributed by atoms with van der Waals surface area (Å²) in [7, 11) is 0. The summed E-state index contributed by atoms with van der Waals surface area (Å²) < 4.78 is 6.27. The maximum Gasteiger partial charge on any atom is 0.0764 e. The number of halogens is 1. The molecule has 0 aliphatic carbocycles. The summed E-state index contributed by atoms with van der Waals surface area (Å²) in [4.78, 5) is 0. The van der Waals surface area contributed by atoms with E-state index in [9.17, 15) is 0 Å². The Hall–Kier alpha value is -1.35. The molecule has 2 aromatic rings. The Morgan fingerprint density at radius 3 is 2.31 bits per heavy atom. The van der Waals surface area contributed by atoms with E-state index in [0.29, 0.717) is 6.61 Å². The van der Waals surface area contributed by atoms with Crippen LogP contribution in [0, 0.1) is 0 Å². The Morgan fingerprint density at radius 2 is 1.65 bits per heavy atom. The quantitative estimate of drug-likeness (QED) is 0.824. The van der Waals surface area contributed by atoms with Crippen LogP contribution in [0.1, 0.15) is 50.3 Å². The smallest absolute Gasteiger partial charge is 0.0764 e. The number of benzene rings is 2. The normalized spacial score (nSPS) is 16.7. The zero-order valence-electron chi connectivity index (χ0n) is 16.3. The van der Waals surface area contributed by atoms with E-state index in [1.807, 2.05) is 0 Å². The number of ether oxygens (including phenoxy) is 1. The molecule has 2 nitrogen and oxygen atoms in total. The molecule has 142 valence electrons. The van der Waals surface area contributed by atoms with Crippen LogP contribution in [-0.2, 0) is 22.2 Å². The van der Waals surface area contributed by atoms with Crippen LogP contribution in [-0.4, -0.2) is 19.7 Å². The second kappa shape index (κ2) is 9.03. The van der Waals surface area contributed by atoms with Crippen LogP contribution in [0.5, 0.6) is 0 Å². The molecular formula is C23H32ClNO. The number of hydrogen-bond donors (Lipinski definition) is 1. The van der Waals surface area contributed by atoms with E-state index >= 15 is 0 Å². The van der Waals surface area contributed by atoms with Crippen molar-refractivity contribution in [2.75, 3.05) is 19.7 Å². The van der Waals surface area contributed by atoms with Crippen molar-refractivity contribution in [3.8, 4) is 0 Å². The van der Waals surface area contributed by atoms with E-state index < -0.39 is 0 Å². The Kier molecular flexibility index (Phi) is 7.28. The Labute approximate surface area is 164 Å². The number of nitrogens with two attached hydrogens (primary N) is 1. The Morgan fingerprint density at radius 1 is 0.962 bits per heavy atom. The molecule has 0 unspecified atom stereocenters. The SMILES string of the molecule is CC(C)(C)c1cccc(COCC2(c3ccccc3)CC[NH2+]CC2)c1.[Cl-]. The fraction of sp³-hybridized carbons (Fsp3) is 0.478. The van der Waals surface area contributed by atoms with Crippen molar-refractivity contribution >= 4 is 0 Å². The number of piperidine rings is 1. The molecule has 0 saturated carbocycles. The largest absolute Gasteiger partial charge is 1.00 e. The third-order valence-electron chi connectivity index (χ3n) is 5.48. The van der Waals surface area contributed by atoms with Gasteiger partial charge in [-0.1, -0.05) is 75.4 Å². The third kappa shape index (κ3) is 5.09. The van der Waals surface area contributed by atoms with Crippen LogP contribution in [0.25, 0.3) is 0 Å². The molecule has 2 N–H and O–H groups in total. The highest BCUT2D eigenvalue weighted by Gasteiger charge is 2.35. The van der Waals surface area contributed by atoms with E-state index in [-0.39, 0.29) is 23.2 Å². The Balaban J connectivity index is 0.00000243. The first-order valence-electron chi connectivity index (χ1n) is 9.54. The van der Waals surface area contributed by atoms with Gasteiger partial charge in [0.25, 0.3) is 0 Å². The zero-order chi connectivity index (χ0) is 17.8. The van der Waals surface area contributed by atoms with Gasteiger partial charge in [-0.25, -0.2) is 0 Å². The Bertz CT molecular complexity index is 672. The molecular weight excluding hydrogens is 342 g/mol. The van der Waals surface area contributed by atoms with E-state index in [2.05, 4.69) is 80.7 Å². The lowest BCUT2D eigenvalue weighted by molar-refractivity contribution is -0.666. The molecule has 1 aliphatic rings. The van der Waals surface area contributed by atoms with Crippen LogP contribution in [0.3, 0.4) is 0 Å². The fourth-order valence-electron chi connectivity index (χ4n) is 3.83. The van der Waals surface area contributed by atoms with Crippen molar-refractivity contribution in [1.82, 2.24) is 0 Å². The molecule has 1 heterocycles. The first kappa shape index (κ1) is 21.0. The summed E-state index contributed by atoms with van der Waals surface area (Å²) in [5, 5.41) is 2.42. The lowest BCUT2D eigenvalue weighted by Gasteiger charge is -2.36. The number of rotatable bonds is 5. The second-order valence-electron chi connectivity index (χ2n) is 8.46. The molecule has 2 aromatic carbocycles. The summed E-state index contributed by atoms with van der Waals surface area (Å²) in [5.74, 6) is 0. The molecule has 0 aromatic heterocycles. The predicted octanol–water partition coefficient (Wildman–Crippen LogP) is 0.800. The first-order valence-corrected chi connectivity index (χ1v) is 9.54. The maximum atomic E-state index is 6.27.